The van der Waals surface area contributed by atoms with E-state index in [9.17, 15) is 4.79 Å². The highest BCUT2D eigenvalue weighted by Gasteiger charge is 2.11. The van der Waals surface area contributed by atoms with Gasteiger partial charge in [-0.15, -0.1) is 0 Å². The van der Waals surface area contributed by atoms with Crippen LogP contribution in [0, 0.1) is 4.77 Å². The number of aromatic nitrogens is 2. The molecule has 0 spiro atoms. The summed E-state index contributed by atoms with van der Waals surface area (Å²) < 4.78 is 7.57. The zero-order valence-corrected chi connectivity index (χ0v) is 11.8. The van der Waals surface area contributed by atoms with Crippen molar-refractivity contribution in [3.63, 3.8) is 0 Å². The maximum atomic E-state index is 11.8. The molecule has 2 N–H and O–H groups in total. The second-order valence-electron chi connectivity index (χ2n) is 4.22. The standard InChI is InChI=1S/C13H17N3O2S/c1-3-7-14-11(17)8-16-9-5-4-6-10(18-2)12(9)15-13(16)19/h4-6H,3,7-8H2,1-2H3,(H,14,17)(H,15,19). The van der Waals surface area contributed by atoms with E-state index in [0.29, 0.717) is 11.3 Å². The number of methoxy groups -OCH3 is 1. The number of carbonyl (C=O) groups excluding carboxylic acids is 1. The lowest BCUT2D eigenvalue weighted by molar-refractivity contribution is -0.121. The second-order valence-corrected chi connectivity index (χ2v) is 4.61. The minimum Gasteiger partial charge on any atom is -0.494 e. The van der Waals surface area contributed by atoms with Gasteiger partial charge >= 0.3 is 0 Å². The molecule has 2 rings (SSSR count). The number of rotatable bonds is 5. The van der Waals surface area contributed by atoms with Crippen LogP contribution >= 0.6 is 12.2 Å². The third-order valence-corrected chi connectivity index (χ3v) is 3.19. The first-order valence-corrected chi connectivity index (χ1v) is 6.60. The minimum atomic E-state index is -0.0401. The number of ether oxygens (including phenoxy) is 1. The number of hydrogen-bond acceptors (Lipinski definition) is 3. The Morgan fingerprint density at radius 1 is 1.53 bits per heavy atom. The molecular formula is C13H17N3O2S. The Morgan fingerprint density at radius 2 is 2.32 bits per heavy atom. The van der Waals surface area contributed by atoms with Gasteiger partial charge in [-0.2, -0.15) is 0 Å². The molecule has 0 radical (unpaired) electrons. The fraction of sp³-hybridized carbons (Fsp3) is 0.385. The Labute approximate surface area is 116 Å². The van der Waals surface area contributed by atoms with Crippen LogP contribution in [-0.4, -0.2) is 29.1 Å². The molecule has 0 bridgehead atoms. The van der Waals surface area contributed by atoms with E-state index in [0.717, 1.165) is 23.2 Å². The first-order valence-electron chi connectivity index (χ1n) is 6.19. The Morgan fingerprint density at radius 3 is 3.00 bits per heavy atom. The molecule has 0 aliphatic rings. The van der Waals surface area contributed by atoms with Crippen LogP contribution in [0.4, 0.5) is 0 Å². The average Bonchev–Trinajstić information content (AvgIpc) is 2.73. The molecule has 0 atom stereocenters. The van der Waals surface area contributed by atoms with Crippen molar-refractivity contribution in [2.45, 2.75) is 19.9 Å². The lowest BCUT2D eigenvalue weighted by Gasteiger charge is -2.06. The third-order valence-electron chi connectivity index (χ3n) is 2.87. The summed E-state index contributed by atoms with van der Waals surface area (Å²) in [7, 11) is 1.61. The molecule has 5 nitrogen and oxygen atoms in total. The van der Waals surface area contributed by atoms with Crippen LogP contribution in [0.1, 0.15) is 13.3 Å². The summed E-state index contributed by atoms with van der Waals surface area (Å²) in [5, 5.41) is 2.84. The number of nitrogens with zero attached hydrogens (tertiary/aromatic N) is 1. The summed E-state index contributed by atoms with van der Waals surface area (Å²) in [4.78, 5) is 14.9. The van der Waals surface area contributed by atoms with Gasteiger partial charge in [0.15, 0.2) is 4.77 Å². The number of carbonyl (C=O) groups is 1. The second kappa shape index (κ2) is 5.88. The van der Waals surface area contributed by atoms with E-state index in [4.69, 9.17) is 17.0 Å². The lowest BCUT2D eigenvalue weighted by Crippen LogP contribution is -2.28. The molecule has 0 unspecified atom stereocenters. The lowest BCUT2D eigenvalue weighted by atomic mass is 10.3. The predicted molar refractivity (Wildman–Crippen MR) is 77.0 cm³/mol. The number of para-hydroxylation sites is 1. The van der Waals surface area contributed by atoms with Crippen molar-refractivity contribution in [1.29, 1.82) is 0 Å². The van der Waals surface area contributed by atoms with Crippen LogP contribution in [-0.2, 0) is 11.3 Å². The molecule has 0 saturated carbocycles. The Bertz CT molecular complexity index is 645. The molecular weight excluding hydrogens is 262 g/mol. The molecule has 0 aliphatic carbocycles. The molecule has 0 fully saturated rings. The van der Waals surface area contributed by atoms with Crippen molar-refractivity contribution in [2.24, 2.45) is 0 Å². The van der Waals surface area contributed by atoms with Crippen LogP contribution < -0.4 is 10.1 Å². The van der Waals surface area contributed by atoms with Crippen molar-refractivity contribution in [3.8, 4) is 5.75 Å². The molecule has 19 heavy (non-hydrogen) atoms. The highest BCUT2D eigenvalue weighted by atomic mass is 32.1. The molecule has 2 aromatic rings. The van der Waals surface area contributed by atoms with E-state index in [1.807, 2.05) is 25.1 Å². The Kier molecular flexibility index (Phi) is 4.21. The van der Waals surface area contributed by atoms with Gasteiger partial charge in [0, 0.05) is 6.54 Å². The van der Waals surface area contributed by atoms with Crippen LogP contribution in [0.15, 0.2) is 18.2 Å². The maximum absolute atomic E-state index is 11.8. The largest absolute Gasteiger partial charge is 0.494 e. The van der Waals surface area contributed by atoms with Crippen LogP contribution in [0.5, 0.6) is 5.75 Å². The summed E-state index contributed by atoms with van der Waals surface area (Å²) in [5.74, 6) is 0.679. The van der Waals surface area contributed by atoms with E-state index < -0.39 is 0 Å². The number of nitrogens with one attached hydrogen (secondary N) is 2. The summed E-state index contributed by atoms with van der Waals surface area (Å²) in [6.45, 7) is 2.91. The number of fused-ring (bicyclic) bond motifs is 1. The fourth-order valence-electron chi connectivity index (χ4n) is 1.94. The van der Waals surface area contributed by atoms with E-state index >= 15 is 0 Å². The van der Waals surface area contributed by atoms with Crippen LogP contribution in [0.2, 0.25) is 0 Å². The SMILES string of the molecule is CCCNC(=O)Cn1c(=S)[nH]c2c(OC)cccc21. The van der Waals surface area contributed by atoms with Crippen molar-refractivity contribution < 1.29 is 9.53 Å². The highest BCUT2D eigenvalue weighted by molar-refractivity contribution is 7.71. The number of imidazole rings is 1. The van der Waals surface area contributed by atoms with Gasteiger partial charge in [-0.3, -0.25) is 4.79 Å². The zero-order valence-electron chi connectivity index (χ0n) is 11.0. The smallest absolute Gasteiger partial charge is 0.240 e. The molecule has 1 aromatic carbocycles. The van der Waals surface area contributed by atoms with Gasteiger partial charge in [-0.1, -0.05) is 13.0 Å². The molecule has 6 heteroatoms. The number of aromatic amines is 1. The van der Waals surface area contributed by atoms with Crippen molar-refractivity contribution >= 4 is 29.2 Å². The minimum absolute atomic E-state index is 0.0401. The summed E-state index contributed by atoms with van der Waals surface area (Å²) in [5.41, 5.74) is 1.69. The molecule has 0 saturated heterocycles. The number of benzene rings is 1. The Hall–Kier alpha value is -1.82. The number of H-pyrrole nitrogens is 1. The molecule has 1 aromatic heterocycles. The third kappa shape index (κ3) is 2.78. The zero-order chi connectivity index (χ0) is 13.8. The molecule has 1 amide bonds. The molecule has 102 valence electrons. The van der Waals surface area contributed by atoms with Crippen molar-refractivity contribution in [1.82, 2.24) is 14.9 Å². The quantitative estimate of drug-likeness (QED) is 0.825. The van der Waals surface area contributed by atoms with E-state index in [1.165, 1.54) is 0 Å². The predicted octanol–water partition coefficient (Wildman–Crippen LogP) is 2.23. The van der Waals surface area contributed by atoms with Gasteiger partial charge in [0.1, 0.15) is 17.8 Å². The molecule has 0 aliphatic heterocycles. The average molecular weight is 279 g/mol. The van der Waals surface area contributed by atoms with Crippen LogP contribution in [0.25, 0.3) is 11.0 Å². The van der Waals surface area contributed by atoms with Crippen LogP contribution in [0.3, 0.4) is 0 Å². The van der Waals surface area contributed by atoms with Gasteiger partial charge < -0.3 is 19.6 Å². The normalized spacial score (nSPS) is 10.6. The van der Waals surface area contributed by atoms with E-state index in [-0.39, 0.29) is 12.5 Å². The topological polar surface area (TPSA) is 59.0 Å². The maximum Gasteiger partial charge on any atom is 0.240 e. The number of hydrogen-bond donors (Lipinski definition) is 2. The first-order chi connectivity index (χ1) is 9.17. The highest BCUT2D eigenvalue weighted by Crippen LogP contribution is 2.24. The van der Waals surface area contributed by atoms with E-state index in [2.05, 4.69) is 10.3 Å². The van der Waals surface area contributed by atoms with Crippen molar-refractivity contribution in [2.75, 3.05) is 13.7 Å². The van der Waals surface area contributed by atoms with Gasteiger partial charge in [-0.05, 0) is 30.8 Å². The van der Waals surface area contributed by atoms with Crippen molar-refractivity contribution in [3.05, 3.63) is 23.0 Å². The summed E-state index contributed by atoms with van der Waals surface area (Å²) >= 11 is 5.26. The molecule has 1 heterocycles. The van der Waals surface area contributed by atoms with Gasteiger partial charge in [-0.25, -0.2) is 0 Å². The summed E-state index contributed by atoms with van der Waals surface area (Å²) in [6.07, 6.45) is 0.916. The number of amides is 1. The summed E-state index contributed by atoms with van der Waals surface area (Å²) in [6, 6.07) is 5.65. The Balaban J connectivity index is 2.36. The van der Waals surface area contributed by atoms with Gasteiger partial charge in [0.05, 0.1) is 12.6 Å². The van der Waals surface area contributed by atoms with Gasteiger partial charge in [0.2, 0.25) is 5.91 Å². The first kappa shape index (κ1) is 13.6. The fourth-order valence-corrected chi connectivity index (χ4v) is 2.21. The van der Waals surface area contributed by atoms with Gasteiger partial charge in [0.25, 0.3) is 0 Å². The van der Waals surface area contributed by atoms with E-state index in [1.54, 1.807) is 11.7 Å². The monoisotopic (exact) mass is 279 g/mol.